The number of hydrogen-bond acceptors (Lipinski definition) is 4. The van der Waals surface area contributed by atoms with Crippen LogP contribution in [0.1, 0.15) is 33.6 Å². The third kappa shape index (κ3) is 2.31. The minimum Gasteiger partial charge on any atom is -0.481 e. The molecule has 2 atom stereocenters. The second kappa shape index (κ2) is 4.21. The Hall–Kier alpha value is -1.59. The normalized spacial score (nSPS) is 30.4. The van der Waals surface area contributed by atoms with E-state index in [4.69, 9.17) is 4.74 Å². The van der Waals surface area contributed by atoms with Crippen LogP contribution in [0.5, 0.6) is 0 Å². The van der Waals surface area contributed by atoms with E-state index in [1.54, 1.807) is 20.8 Å². The molecular formula is C13H19NO5. The summed E-state index contributed by atoms with van der Waals surface area (Å²) < 4.78 is 5.23. The second-order valence-corrected chi connectivity index (χ2v) is 6.34. The zero-order chi connectivity index (χ0) is 14.4. The third-order valence-corrected chi connectivity index (χ3v) is 3.83. The molecule has 1 N–H and O–H groups in total. The summed E-state index contributed by atoms with van der Waals surface area (Å²) in [5.41, 5.74) is -1.73. The maximum Gasteiger partial charge on any atom is 0.410 e. The quantitative estimate of drug-likeness (QED) is 0.775. The molecule has 2 aliphatic rings. The summed E-state index contributed by atoms with van der Waals surface area (Å²) in [6.45, 7) is 5.47. The number of rotatable bonds is 1. The number of carboxylic acids is 1. The van der Waals surface area contributed by atoms with E-state index in [0.29, 0.717) is 12.8 Å². The second-order valence-electron chi connectivity index (χ2n) is 6.34. The van der Waals surface area contributed by atoms with E-state index >= 15 is 0 Å². The molecule has 2 unspecified atom stereocenters. The highest BCUT2D eigenvalue weighted by atomic mass is 16.6. The Kier molecular flexibility index (Phi) is 3.07. The molecule has 1 saturated carbocycles. The number of Topliss-reactive ketones (excluding diaryl/α,β-unsaturated/α-hetero) is 1. The fraction of sp³-hybridized carbons (Fsp3) is 0.769. The lowest BCUT2D eigenvalue weighted by Crippen LogP contribution is -2.39. The van der Waals surface area contributed by atoms with Crippen LogP contribution in [0, 0.1) is 11.3 Å². The fourth-order valence-electron chi connectivity index (χ4n) is 2.88. The predicted octanol–water partition coefficient (Wildman–Crippen LogP) is 1.29. The first-order valence-electron chi connectivity index (χ1n) is 6.40. The van der Waals surface area contributed by atoms with E-state index in [9.17, 15) is 19.5 Å². The number of ketones is 1. The summed E-state index contributed by atoms with van der Waals surface area (Å²) in [6, 6.07) is 0. The minimum atomic E-state index is -1.10. The molecule has 1 aliphatic carbocycles. The maximum absolute atomic E-state index is 12.0. The third-order valence-electron chi connectivity index (χ3n) is 3.83. The maximum atomic E-state index is 12.0. The summed E-state index contributed by atoms with van der Waals surface area (Å²) >= 11 is 0. The molecule has 2 fully saturated rings. The van der Waals surface area contributed by atoms with Gasteiger partial charge in [-0.15, -0.1) is 0 Å². The molecule has 0 bridgehead atoms. The molecule has 0 aromatic heterocycles. The van der Waals surface area contributed by atoms with Crippen LogP contribution in [-0.4, -0.2) is 46.5 Å². The van der Waals surface area contributed by atoms with Gasteiger partial charge >= 0.3 is 12.1 Å². The van der Waals surface area contributed by atoms with Crippen LogP contribution >= 0.6 is 0 Å². The van der Waals surface area contributed by atoms with Gasteiger partial charge in [-0.2, -0.15) is 0 Å². The van der Waals surface area contributed by atoms with Crippen LogP contribution in [0.4, 0.5) is 4.79 Å². The van der Waals surface area contributed by atoms with Crippen molar-refractivity contribution >= 4 is 17.8 Å². The summed E-state index contributed by atoms with van der Waals surface area (Å²) in [6.07, 6.45) is 0.0554. The molecule has 106 valence electrons. The van der Waals surface area contributed by atoms with Gasteiger partial charge in [0.15, 0.2) is 0 Å². The Balaban J connectivity index is 2.16. The van der Waals surface area contributed by atoms with E-state index < -0.39 is 29.0 Å². The molecule has 6 nitrogen and oxygen atoms in total. The lowest BCUT2D eigenvalue weighted by Gasteiger charge is -2.26. The molecule has 1 aliphatic heterocycles. The van der Waals surface area contributed by atoms with Crippen LogP contribution in [0.15, 0.2) is 0 Å². The van der Waals surface area contributed by atoms with Crippen LogP contribution in [-0.2, 0) is 14.3 Å². The first-order valence-corrected chi connectivity index (χ1v) is 6.40. The van der Waals surface area contributed by atoms with Crippen molar-refractivity contribution in [1.29, 1.82) is 0 Å². The molecule has 0 radical (unpaired) electrons. The molecule has 1 amide bonds. The summed E-state index contributed by atoms with van der Waals surface area (Å²) in [4.78, 5) is 36.6. The molecule has 0 aromatic rings. The zero-order valence-corrected chi connectivity index (χ0v) is 11.4. The Morgan fingerprint density at radius 1 is 1.42 bits per heavy atom. The van der Waals surface area contributed by atoms with Gasteiger partial charge in [-0.3, -0.25) is 9.59 Å². The van der Waals surface area contributed by atoms with Crippen molar-refractivity contribution in [3.8, 4) is 0 Å². The monoisotopic (exact) mass is 269 g/mol. The first-order chi connectivity index (χ1) is 8.66. The van der Waals surface area contributed by atoms with Crippen LogP contribution in [0.3, 0.4) is 0 Å². The van der Waals surface area contributed by atoms with Gasteiger partial charge in [0.2, 0.25) is 0 Å². The number of carbonyl (C=O) groups excluding carboxylic acids is 2. The lowest BCUT2D eigenvalue weighted by molar-refractivity contribution is -0.150. The van der Waals surface area contributed by atoms with Gasteiger partial charge in [0.05, 0.1) is 11.3 Å². The van der Waals surface area contributed by atoms with Crippen LogP contribution < -0.4 is 0 Å². The smallest absolute Gasteiger partial charge is 0.410 e. The molecule has 19 heavy (non-hydrogen) atoms. The highest BCUT2D eigenvalue weighted by molar-refractivity contribution is 5.94. The molecule has 1 saturated heterocycles. The fourth-order valence-corrected chi connectivity index (χ4v) is 2.88. The zero-order valence-electron chi connectivity index (χ0n) is 11.4. The average Bonchev–Trinajstić information content (AvgIpc) is 2.75. The average molecular weight is 269 g/mol. The number of carboxylic acid groups (broad SMARTS) is 1. The van der Waals surface area contributed by atoms with Crippen molar-refractivity contribution in [2.45, 2.75) is 39.2 Å². The Morgan fingerprint density at radius 2 is 2.05 bits per heavy atom. The van der Waals surface area contributed by atoms with Crippen molar-refractivity contribution in [3.63, 3.8) is 0 Å². The van der Waals surface area contributed by atoms with E-state index in [1.807, 2.05) is 0 Å². The predicted molar refractivity (Wildman–Crippen MR) is 65.6 cm³/mol. The van der Waals surface area contributed by atoms with E-state index in [2.05, 4.69) is 0 Å². The van der Waals surface area contributed by atoms with E-state index in [0.717, 1.165) is 0 Å². The highest BCUT2D eigenvalue weighted by Gasteiger charge is 2.60. The van der Waals surface area contributed by atoms with Gasteiger partial charge in [0.25, 0.3) is 0 Å². The molecule has 2 rings (SSSR count). The molecular weight excluding hydrogens is 250 g/mol. The Morgan fingerprint density at radius 3 is 2.53 bits per heavy atom. The number of nitrogens with zero attached hydrogens (tertiary/aromatic N) is 1. The Bertz CT molecular complexity index is 439. The first kappa shape index (κ1) is 13.8. The standard InChI is InChI=1S/C13H19NO5/c1-12(2,3)19-11(18)14-6-8-9(15)4-5-13(8,7-14)10(16)17/h8H,4-7H2,1-3H3,(H,16,17). The van der Waals surface area contributed by atoms with Crippen molar-refractivity contribution in [1.82, 2.24) is 4.90 Å². The van der Waals surface area contributed by atoms with Gasteiger partial charge in [-0.05, 0) is 27.2 Å². The van der Waals surface area contributed by atoms with Gasteiger partial charge in [0.1, 0.15) is 11.4 Å². The van der Waals surface area contributed by atoms with Crippen LogP contribution in [0.25, 0.3) is 0 Å². The number of likely N-dealkylation sites (tertiary alicyclic amines) is 1. The number of ether oxygens (including phenoxy) is 1. The topological polar surface area (TPSA) is 83.9 Å². The van der Waals surface area contributed by atoms with Gasteiger partial charge in [0, 0.05) is 19.5 Å². The number of aliphatic carboxylic acids is 1. The Labute approximate surface area is 111 Å². The van der Waals surface area contributed by atoms with Gasteiger partial charge in [-0.1, -0.05) is 0 Å². The number of hydrogen-bond donors (Lipinski definition) is 1. The minimum absolute atomic E-state index is 0.0616. The summed E-state index contributed by atoms with van der Waals surface area (Å²) in [5.74, 6) is -1.64. The summed E-state index contributed by atoms with van der Waals surface area (Å²) in [7, 11) is 0. The molecule has 0 aromatic carbocycles. The highest BCUT2D eigenvalue weighted by Crippen LogP contribution is 2.47. The number of amides is 1. The van der Waals surface area contributed by atoms with Gasteiger partial charge in [-0.25, -0.2) is 4.79 Å². The number of carbonyl (C=O) groups is 3. The van der Waals surface area contributed by atoms with Crippen molar-refractivity contribution in [2.75, 3.05) is 13.1 Å². The van der Waals surface area contributed by atoms with Gasteiger partial charge < -0.3 is 14.7 Å². The SMILES string of the molecule is CC(C)(C)OC(=O)N1CC2C(=O)CCC2(C(=O)O)C1. The molecule has 1 heterocycles. The van der Waals surface area contributed by atoms with Crippen molar-refractivity contribution < 1.29 is 24.2 Å². The largest absolute Gasteiger partial charge is 0.481 e. The number of fused-ring (bicyclic) bond motifs is 1. The van der Waals surface area contributed by atoms with Crippen LogP contribution in [0.2, 0.25) is 0 Å². The molecule has 0 spiro atoms. The lowest BCUT2D eigenvalue weighted by atomic mass is 9.81. The summed E-state index contributed by atoms with van der Waals surface area (Å²) in [5, 5.41) is 9.39. The van der Waals surface area contributed by atoms with Crippen molar-refractivity contribution in [2.24, 2.45) is 11.3 Å². The molecule has 6 heteroatoms. The van der Waals surface area contributed by atoms with Crippen molar-refractivity contribution in [3.05, 3.63) is 0 Å². The van der Waals surface area contributed by atoms with E-state index in [1.165, 1.54) is 4.90 Å². The van der Waals surface area contributed by atoms with E-state index in [-0.39, 0.29) is 18.9 Å².